The maximum absolute atomic E-state index is 5.15. The molecule has 1 aliphatic rings. The van der Waals surface area contributed by atoms with Crippen molar-refractivity contribution in [2.45, 2.75) is 25.9 Å². The van der Waals surface area contributed by atoms with Gasteiger partial charge in [-0.2, -0.15) is 0 Å². The number of rotatable bonds is 0. The third kappa shape index (κ3) is 2.80. The first-order valence-electron chi connectivity index (χ1n) is 3.01. The standard InChI is InChI=1S/C5H10O.C2H4/c1-5-3-2-4-6-5;1-2/h5H,2-4H2,1H3;1-2H2. The van der Waals surface area contributed by atoms with Crippen LogP contribution in [0.5, 0.6) is 0 Å². The van der Waals surface area contributed by atoms with Gasteiger partial charge in [-0.15, -0.1) is 13.2 Å². The Bertz CT molecular complexity index is 46.3. The van der Waals surface area contributed by atoms with Gasteiger partial charge in [0, 0.05) is 6.61 Å². The van der Waals surface area contributed by atoms with E-state index in [1.165, 1.54) is 12.8 Å². The molecule has 1 unspecified atom stereocenters. The Labute approximate surface area is 51.4 Å². The van der Waals surface area contributed by atoms with Crippen molar-refractivity contribution >= 4 is 0 Å². The second kappa shape index (κ2) is 4.85. The van der Waals surface area contributed by atoms with Gasteiger partial charge in [-0.3, -0.25) is 0 Å². The zero-order valence-corrected chi connectivity index (χ0v) is 5.52. The first-order chi connectivity index (χ1) is 3.89. The van der Waals surface area contributed by atoms with E-state index in [9.17, 15) is 0 Å². The lowest BCUT2D eigenvalue weighted by molar-refractivity contribution is 0.125. The zero-order valence-electron chi connectivity index (χ0n) is 5.52. The molecular formula is C7H14O. The Morgan fingerprint density at radius 2 is 2.12 bits per heavy atom. The van der Waals surface area contributed by atoms with E-state index in [1.54, 1.807) is 0 Å². The molecule has 1 saturated heterocycles. The smallest absolute Gasteiger partial charge is 0.0547 e. The quantitative estimate of drug-likeness (QED) is 0.437. The van der Waals surface area contributed by atoms with Crippen molar-refractivity contribution in [3.8, 4) is 0 Å². The van der Waals surface area contributed by atoms with Gasteiger partial charge in [0.1, 0.15) is 0 Å². The molecule has 1 heteroatoms. The topological polar surface area (TPSA) is 9.23 Å². The van der Waals surface area contributed by atoms with Crippen LogP contribution in [0, 0.1) is 0 Å². The van der Waals surface area contributed by atoms with E-state index in [2.05, 4.69) is 20.1 Å². The SMILES string of the molecule is C=C.CC1CCCO1. The van der Waals surface area contributed by atoms with Crippen LogP contribution >= 0.6 is 0 Å². The minimum Gasteiger partial charge on any atom is -0.379 e. The van der Waals surface area contributed by atoms with E-state index in [1.807, 2.05) is 0 Å². The van der Waals surface area contributed by atoms with Crippen LogP contribution in [-0.4, -0.2) is 12.7 Å². The van der Waals surface area contributed by atoms with Crippen molar-refractivity contribution in [3.05, 3.63) is 13.2 Å². The molecule has 0 aromatic rings. The normalized spacial score (nSPS) is 26.4. The number of ether oxygens (including phenoxy) is 1. The highest BCUT2D eigenvalue weighted by atomic mass is 16.5. The lowest BCUT2D eigenvalue weighted by atomic mass is 10.3. The lowest BCUT2D eigenvalue weighted by Crippen LogP contribution is -1.94. The number of hydrogen-bond acceptors (Lipinski definition) is 1. The fourth-order valence-corrected chi connectivity index (χ4v) is 0.739. The van der Waals surface area contributed by atoms with Gasteiger partial charge in [-0.05, 0) is 19.8 Å². The summed E-state index contributed by atoms with van der Waals surface area (Å²) in [4.78, 5) is 0. The summed E-state index contributed by atoms with van der Waals surface area (Å²) >= 11 is 0. The Balaban J connectivity index is 0.000000222. The lowest BCUT2D eigenvalue weighted by Gasteiger charge is -1.94. The summed E-state index contributed by atoms with van der Waals surface area (Å²) in [5.74, 6) is 0. The molecule has 1 atom stereocenters. The van der Waals surface area contributed by atoms with Crippen molar-refractivity contribution in [1.82, 2.24) is 0 Å². The molecule has 1 rings (SSSR count). The van der Waals surface area contributed by atoms with E-state index in [4.69, 9.17) is 4.74 Å². The third-order valence-corrected chi connectivity index (χ3v) is 1.16. The fraction of sp³-hybridized carbons (Fsp3) is 0.714. The molecule has 1 heterocycles. The third-order valence-electron chi connectivity index (χ3n) is 1.16. The first-order valence-corrected chi connectivity index (χ1v) is 3.01. The summed E-state index contributed by atoms with van der Waals surface area (Å²) in [5, 5.41) is 0. The Kier molecular flexibility index (Phi) is 4.67. The van der Waals surface area contributed by atoms with Gasteiger partial charge in [0.2, 0.25) is 0 Å². The molecule has 0 bridgehead atoms. The maximum Gasteiger partial charge on any atom is 0.0547 e. The highest BCUT2D eigenvalue weighted by Crippen LogP contribution is 2.09. The van der Waals surface area contributed by atoms with Crippen LogP contribution in [0.3, 0.4) is 0 Å². The summed E-state index contributed by atoms with van der Waals surface area (Å²) in [6.07, 6.45) is 3.08. The van der Waals surface area contributed by atoms with E-state index in [-0.39, 0.29) is 0 Å². The summed E-state index contributed by atoms with van der Waals surface area (Å²) in [7, 11) is 0. The van der Waals surface area contributed by atoms with E-state index < -0.39 is 0 Å². The predicted octanol–water partition coefficient (Wildman–Crippen LogP) is 1.99. The van der Waals surface area contributed by atoms with Crippen LogP contribution < -0.4 is 0 Å². The highest BCUT2D eigenvalue weighted by molar-refractivity contribution is 4.56. The van der Waals surface area contributed by atoms with Gasteiger partial charge in [-0.1, -0.05) is 0 Å². The van der Waals surface area contributed by atoms with E-state index in [0.717, 1.165) is 6.61 Å². The van der Waals surface area contributed by atoms with Crippen LogP contribution in [0.2, 0.25) is 0 Å². The molecule has 1 nitrogen and oxygen atoms in total. The van der Waals surface area contributed by atoms with Crippen LogP contribution in [-0.2, 0) is 4.74 Å². The van der Waals surface area contributed by atoms with Crippen LogP contribution in [0.15, 0.2) is 13.2 Å². The van der Waals surface area contributed by atoms with Gasteiger partial charge < -0.3 is 4.74 Å². The molecular weight excluding hydrogens is 100 g/mol. The van der Waals surface area contributed by atoms with Gasteiger partial charge in [0.05, 0.1) is 6.10 Å². The van der Waals surface area contributed by atoms with Crippen LogP contribution in [0.25, 0.3) is 0 Å². The summed E-state index contributed by atoms with van der Waals surface area (Å²) in [6, 6.07) is 0. The molecule has 0 spiro atoms. The second-order valence-corrected chi connectivity index (χ2v) is 1.82. The molecule has 0 N–H and O–H groups in total. The molecule has 0 saturated carbocycles. The monoisotopic (exact) mass is 114 g/mol. The Hall–Kier alpha value is -0.300. The molecule has 0 aromatic carbocycles. The number of hydrogen-bond donors (Lipinski definition) is 0. The van der Waals surface area contributed by atoms with Crippen LogP contribution in [0.1, 0.15) is 19.8 Å². The molecule has 8 heavy (non-hydrogen) atoms. The molecule has 0 radical (unpaired) electrons. The second-order valence-electron chi connectivity index (χ2n) is 1.82. The van der Waals surface area contributed by atoms with Gasteiger partial charge in [0.15, 0.2) is 0 Å². The van der Waals surface area contributed by atoms with Gasteiger partial charge >= 0.3 is 0 Å². The minimum atomic E-state index is 0.546. The van der Waals surface area contributed by atoms with E-state index in [0.29, 0.717) is 6.10 Å². The molecule has 0 amide bonds. The predicted molar refractivity (Wildman–Crippen MR) is 35.9 cm³/mol. The summed E-state index contributed by atoms with van der Waals surface area (Å²) in [5.41, 5.74) is 0. The van der Waals surface area contributed by atoms with Crippen molar-refractivity contribution in [2.75, 3.05) is 6.61 Å². The largest absolute Gasteiger partial charge is 0.379 e. The van der Waals surface area contributed by atoms with Gasteiger partial charge in [0.25, 0.3) is 0 Å². The van der Waals surface area contributed by atoms with Crippen molar-refractivity contribution in [2.24, 2.45) is 0 Å². The molecule has 0 aliphatic carbocycles. The van der Waals surface area contributed by atoms with Crippen molar-refractivity contribution in [3.63, 3.8) is 0 Å². The first kappa shape index (κ1) is 7.70. The highest BCUT2D eigenvalue weighted by Gasteiger charge is 2.07. The molecule has 1 fully saturated rings. The van der Waals surface area contributed by atoms with Crippen molar-refractivity contribution in [1.29, 1.82) is 0 Å². The molecule has 0 aromatic heterocycles. The summed E-state index contributed by atoms with van der Waals surface area (Å²) < 4.78 is 5.15. The molecule has 48 valence electrons. The minimum absolute atomic E-state index is 0.546. The van der Waals surface area contributed by atoms with Crippen molar-refractivity contribution < 1.29 is 4.74 Å². The maximum atomic E-state index is 5.15. The Morgan fingerprint density at radius 1 is 1.50 bits per heavy atom. The zero-order chi connectivity index (χ0) is 6.41. The van der Waals surface area contributed by atoms with Crippen LogP contribution in [0.4, 0.5) is 0 Å². The van der Waals surface area contributed by atoms with Gasteiger partial charge in [-0.25, -0.2) is 0 Å². The van der Waals surface area contributed by atoms with E-state index >= 15 is 0 Å². The average molecular weight is 114 g/mol. The fourth-order valence-electron chi connectivity index (χ4n) is 0.739. The average Bonchev–Trinajstić information content (AvgIpc) is 2.24. The Morgan fingerprint density at radius 3 is 2.25 bits per heavy atom. The molecule has 1 aliphatic heterocycles. The summed E-state index contributed by atoms with van der Waals surface area (Å²) in [6.45, 7) is 9.11.